The summed E-state index contributed by atoms with van der Waals surface area (Å²) in [6, 6.07) is -0.514. The average molecular weight is 352 g/mol. The largest absolute Gasteiger partial charge is 0.444 e. The van der Waals surface area contributed by atoms with Gasteiger partial charge in [0.1, 0.15) is 5.60 Å². The molecule has 0 aromatic carbocycles. The third-order valence-corrected chi connectivity index (χ3v) is 3.48. The van der Waals surface area contributed by atoms with E-state index in [1.165, 1.54) is 6.92 Å². The Morgan fingerprint density at radius 3 is 2.09 bits per heavy atom. The highest BCUT2D eigenvalue weighted by atomic mass is 32.2. The van der Waals surface area contributed by atoms with Crippen molar-refractivity contribution in [3.8, 4) is 0 Å². The summed E-state index contributed by atoms with van der Waals surface area (Å²) in [5.41, 5.74) is -1.38. The van der Waals surface area contributed by atoms with Crippen LogP contribution >= 0.6 is 0 Å². The van der Waals surface area contributed by atoms with Gasteiger partial charge in [-0.3, -0.25) is 9.35 Å². The Labute approximate surface area is 138 Å². The van der Waals surface area contributed by atoms with Crippen molar-refractivity contribution in [3.05, 3.63) is 0 Å². The zero-order chi connectivity index (χ0) is 18.5. The molecule has 9 heteroatoms. The molecule has 1 atom stereocenters. The first kappa shape index (κ1) is 21.6. The van der Waals surface area contributed by atoms with Crippen molar-refractivity contribution in [3.63, 3.8) is 0 Å². The molecular weight excluding hydrogens is 324 g/mol. The molecule has 8 nitrogen and oxygen atoms in total. The molecule has 136 valence electrons. The van der Waals surface area contributed by atoms with E-state index < -0.39 is 39.1 Å². The van der Waals surface area contributed by atoms with Crippen LogP contribution in [-0.2, 0) is 19.6 Å². The first-order chi connectivity index (χ1) is 10.1. The summed E-state index contributed by atoms with van der Waals surface area (Å²) in [5.74, 6) is -0.793. The van der Waals surface area contributed by atoms with Gasteiger partial charge in [-0.05, 0) is 47.5 Å². The van der Waals surface area contributed by atoms with E-state index in [0.29, 0.717) is 0 Å². The zero-order valence-electron chi connectivity index (χ0n) is 14.6. The SMILES string of the molecule is CC(=O)NC(CCS(=O)(=O)O)CC(C)(C)NC(=O)OC(C)(C)C. The minimum atomic E-state index is -4.12. The Hall–Kier alpha value is -1.35. The van der Waals surface area contributed by atoms with Crippen LogP contribution in [0.25, 0.3) is 0 Å². The van der Waals surface area contributed by atoms with Gasteiger partial charge in [0.05, 0.1) is 5.75 Å². The zero-order valence-corrected chi connectivity index (χ0v) is 15.4. The lowest BCUT2D eigenvalue weighted by Gasteiger charge is -2.32. The molecule has 0 aromatic heterocycles. The fourth-order valence-electron chi connectivity index (χ4n) is 2.05. The second-order valence-corrected chi connectivity index (χ2v) is 8.76. The van der Waals surface area contributed by atoms with Gasteiger partial charge in [0.2, 0.25) is 5.91 Å². The van der Waals surface area contributed by atoms with Crippen molar-refractivity contribution < 1.29 is 27.3 Å². The number of nitrogens with one attached hydrogen (secondary N) is 2. The molecule has 0 rings (SSSR count). The third kappa shape index (κ3) is 12.8. The Kier molecular flexibility index (Phi) is 7.49. The van der Waals surface area contributed by atoms with E-state index in [1.54, 1.807) is 34.6 Å². The van der Waals surface area contributed by atoms with E-state index in [4.69, 9.17) is 9.29 Å². The normalized spacial score (nSPS) is 14.0. The Morgan fingerprint density at radius 1 is 1.17 bits per heavy atom. The van der Waals surface area contributed by atoms with Crippen molar-refractivity contribution in [1.82, 2.24) is 10.6 Å². The van der Waals surface area contributed by atoms with Crippen LogP contribution in [0.5, 0.6) is 0 Å². The van der Waals surface area contributed by atoms with E-state index in [-0.39, 0.29) is 18.7 Å². The van der Waals surface area contributed by atoms with E-state index in [1.807, 2.05) is 0 Å². The maximum Gasteiger partial charge on any atom is 0.408 e. The molecule has 0 aliphatic rings. The van der Waals surface area contributed by atoms with Crippen LogP contribution in [0.1, 0.15) is 54.4 Å². The summed E-state index contributed by atoms with van der Waals surface area (Å²) in [7, 11) is -4.12. The Balaban J connectivity index is 4.80. The molecule has 0 heterocycles. The quantitative estimate of drug-likeness (QED) is 0.596. The highest BCUT2D eigenvalue weighted by molar-refractivity contribution is 7.85. The summed E-state index contributed by atoms with van der Waals surface area (Å²) < 4.78 is 35.8. The van der Waals surface area contributed by atoms with Gasteiger partial charge in [-0.2, -0.15) is 8.42 Å². The van der Waals surface area contributed by atoms with Gasteiger partial charge in [0, 0.05) is 18.5 Å². The van der Waals surface area contributed by atoms with Gasteiger partial charge in [-0.25, -0.2) is 4.79 Å². The fourth-order valence-corrected chi connectivity index (χ4v) is 2.63. The molecule has 0 aromatic rings. The molecule has 0 aliphatic carbocycles. The lowest BCUT2D eigenvalue weighted by molar-refractivity contribution is -0.119. The Bertz CT molecular complexity index is 522. The van der Waals surface area contributed by atoms with Crippen molar-refractivity contribution in [2.24, 2.45) is 0 Å². The average Bonchev–Trinajstić information content (AvgIpc) is 2.19. The smallest absolute Gasteiger partial charge is 0.408 e. The molecule has 2 amide bonds. The van der Waals surface area contributed by atoms with Gasteiger partial charge < -0.3 is 15.4 Å². The van der Waals surface area contributed by atoms with Crippen molar-refractivity contribution >= 4 is 22.1 Å². The number of amides is 2. The van der Waals surface area contributed by atoms with Crippen LogP contribution < -0.4 is 10.6 Å². The van der Waals surface area contributed by atoms with E-state index in [0.717, 1.165) is 0 Å². The number of rotatable bonds is 7. The van der Waals surface area contributed by atoms with Crippen molar-refractivity contribution in [1.29, 1.82) is 0 Å². The first-order valence-corrected chi connectivity index (χ1v) is 8.94. The van der Waals surface area contributed by atoms with Gasteiger partial charge >= 0.3 is 6.09 Å². The fraction of sp³-hybridized carbons (Fsp3) is 0.857. The van der Waals surface area contributed by atoms with Crippen LogP contribution in [0, 0.1) is 0 Å². The lowest BCUT2D eigenvalue weighted by atomic mass is 9.94. The predicted octanol–water partition coefficient (Wildman–Crippen LogP) is 1.46. The first-order valence-electron chi connectivity index (χ1n) is 7.33. The summed E-state index contributed by atoms with van der Waals surface area (Å²) in [6.07, 6.45) is -0.280. The minimum absolute atomic E-state index is 0.0395. The predicted molar refractivity (Wildman–Crippen MR) is 86.7 cm³/mol. The monoisotopic (exact) mass is 352 g/mol. The number of ether oxygens (including phenoxy) is 1. The molecule has 0 radical (unpaired) electrons. The van der Waals surface area contributed by atoms with Crippen LogP contribution in [-0.4, -0.2) is 47.9 Å². The van der Waals surface area contributed by atoms with Crippen LogP contribution in [0.2, 0.25) is 0 Å². The van der Waals surface area contributed by atoms with Crippen LogP contribution in [0.4, 0.5) is 4.79 Å². The number of hydrogen-bond donors (Lipinski definition) is 3. The second-order valence-electron chi connectivity index (χ2n) is 7.19. The van der Waals surface area contributed by atoms with E-state index in [2.05, 4.69) is 10.6 Å². The molecular formula is C14H28N2O6S. The van der Waals surface area contributed by atoms with Crippen molar-refractivity contribution in [2.45, 2.75) is 71.6 Å². The molecule has 3 N–H and O–H groups in total. The molecule has 0 bridgehead atoms. The molecule has 0 aliphatic heterocycles. The van der Waals surface area contributed by atoms with Crippen molar-refractivity contribution in [2.75, 3.05) is 5.75 Å². The summed E-state index contributed by atoms with van der Waals surface area (Å²) in [5, 5.41) is 5.31. The molecule has 0 spiro atoms. The summed E-state index contributed by atoms with van der Waals surface area (Å²) in [4.78, 5) is 23.1. The highest BCUT2D eigenvalue weighted by Gasteiger charge is 2.28. The van der Waals surface area contributed by atoms with Gasteiger partial charge in [0.15, 0.2) is 0 Å². The van der Waals surface area contributed by atoms with E-state index >= 15 is 0 Å². The number of alkyl carbamates (subject to hydrolysis) is 1. The van der Waals surface area contributed by atoms with Gasteiger partial charge in [-0.1, -0.05) is 0 Å². The molecule has 0 saturated heterocycles. The van der Waals surface area contributed by atoms with Gasteiger partial charge in [-0.15, -0.1) is 0 Å². The minimum Gasteiger partial charge on any atom is -0.444 e. The maximum absolute atomic E-state index is 11.8. The standard InChI is InChI=1S/C14H28N2O6S/c1-10(17)15-11(7-8-23(19,20)21)9-14(5,6)16-12(18)22-13(2,3)4/h11H,7-9H2,1-6H3,(H,15,17)(H,16,18)(H,19,20,21). The number of hydrogen-bond acceptors (Lipinski definition) is 5. The van der Waals surface area contributed by atoms with E-state index in [9.17, 15) is 18.0 Å². The van der Waals surface area contributed by atoms with Crippen LogP contribution in [0.15, 0.2) is 0 Å². The van der Waals surface area contributed by atoms with Gasteiger partial charge in [0.25, 0.3) is 10.1 Å². The third-order valence-electron chi connectivity index (χ3n) is 2.73. The lowest BCUT2D eigenvalue weighted by Crippen LogP contribution is -2.50. The summed E-state index contributed by atoms with van der Waals surface area (Å²) in [6.45, 7) is 10.0. The molecule has 0 fully saturated rings. The summed E-state index contributed by atoms with van der Waals surface area (Å²) >= 11 is 0. The second kappa shape index (κ2) is 7.96. The number of carbonyl (C=O) groups is 2. The molecule has 1 unspecified atom stereocenters. The number of carbonyl (C=O) groups excluding carboxylic acids is 2. The maximum atomic E-state index is 11.8. The Morgan fingerprint density at radius 2 is 1.70 bits per heavy atom. The molecule has 23 heavy (non-hydrogen) atoms. The molecule has 0 saturated carbocycles. The van der Waals surface area contributed by atoms with Crippen LogP contribution in [0.3, 0.4) is 0 Å². The highest BCUT2D eigenvalue weighted by Crippen LogP contribution is 2.16. The topological polar surface area (TPSA) is 122 Å².